The normalized spacial score (nSPS) is 13.2. The smallest absolute Gasteiger partial charge is 0.326 e. The van der Waals surface area contributed by atoms with Gasteiger partial charge in [-0.2, -0.15) is 0 Å². The SMILES string of the molecule is CCc1ccc(CCCCN(CCC(NC(C)=O)C(=O)O)CC(OC)C(F)F)nc1NC. The van der Waals surface area contributed by atoms with Crippen molar-refractivity contribution in [3.63, 3.8) is 0 Å². The summed E-state index contributed by atoms with van der Waals surface area (Å²) in [7, 11) is 3.07. The number of aromatic nitrogens is 1. The number of anilines is 1. The number of rotatable bonds is 16. The van der Waals surface area contributed by atoms with Crippen molar-refractivity contribution in [1.29, 1.82) is 0 Å². The molecule has 0 fully saturated rings. The topological polar surface area (TPSA) is 104 Å². The number of aliphatic carboxylic acids is 1. The average Bonchev–Trinajstić information content (AvgIpc) is 2.75. The van der Waals surface area contributed by atoms with Gasteiger partial charge in [-0.05, 0) is 50.3 Å². The first kappa shape index (κ1) is 27.7. The van der Waals surface area contributed by atoms with Gasteiger partial charge in [0.15, 0.2) is 0 Å². The molecule has 182 valence electrons. The molecule has 1 aromatic heterocycles. The molecule has 32 heavy (non-hydrogen) atoms. The van der Waals surface area contributed by atoms with Crippen LogP contribution in [0.5, 0.6) is 0 Å². The molecule has 1 rings (SSSR count). The van der Waals surface area contributed by atoms with Crippen molar-refractivity contribution in [3.8, 4) is 0 Å². The van der Waals surface area contributed by atoms with E-state index in [-0.39, 0.29) is 19.5 Å². The minimum Gasteiger partial charge on any atom is -0.480 e. The summed E-state index contributed by atoms with van der Waals surface area (Å²) in [5.41, 5.74) is 2.10. The van der Waals surface area contributed by atoms with E-state index in [1.54, 1.807) is 4.90 Å². The molecule has 0 aliphatic heterocycles. The van der Waals surface area contributed by atoms with Gasteiger partial charge in [0.2, 0.25) is 5.91 Å². The molecule has 0 radical (unpaired) electrons. The number of halogens is 2. The van der Waals surface area contributed by atoms with Gasteiger partial charge in [-0.15, -0.1) is 0 Å². The van der Waals surface area contributed by atoms with Gasteiger partial charge in [0.25, 0.3) is 6.43 Å². The number of aryl methyl sites for hydroxylation is 2. The van der Waals surface area contributed by atoms with E-state index < -0.39 is 30.4 Å². The molecule has 1 amide bonds. The molecule has 2 unspecified atom stereocenters. The Morgan fingerprint density at radius 3 is 2.50 bits per heavy atom. The molecule has 0 saturated carbocycles. The number of hydrogen-bond donors (Lipinski definition) is 3. The number of nitrogens with zero attached hydrogens (tertiary/aromatic N) is 2. The summed E-state index contributed by atoms with van der Waals surface area (Å²) >= 11 is 0. The molecule has 0 saturated heterocycles. The zero-order valence-electron chi connectivity index (χ0n) is 19.4. The molecule has 1 heterocycles. The number of ether oxygens (including phenoxy) is 1. The third-order valence-corrected chi connectivity index (χ3v) is 5.24. The summed E-state index contributed by atoms with van der Waals surface area (Å²) in [5, 5.41) is 14.8. The zero-order chi connectivity index (χ0) is 24.1. The van der Waals surface area contributed by atoms with Crippen molar-refractivity contribution in [2.75, 3.05) is 39.1 Å². The van der Waals surface area contributed by atoms with Gasteiger partial charge in [-0.3, -0.25) is 4.79 Å². The fourth-order valence-electron chi connectivity index (χ4n) is 3.43. The fourth-order valence-corrected chi connectivity index (χ4v) is 3.43. The van der Waals surface area contributed by atoms with Crippen LogP contribution in [0.2, 0.25) is 0 Å². The van der Waals surface area contributed by atoms with Gasteiger partial charge in [-0.25, -0.2) is 18.6 Å². The van der Waals surface area contributed by atoms with Crippen LogP contribution in [0.25, 0.3) is 0 Å². The summed E-state index contributed by atoms with van der Waals surface area (Å²) in [6, 6.07) is 2.99. The van der Waals surface area contributed by atoms with E-state index in [0.29, 0.717) is 6.54 Å². The van der Waals surface area contributed by atoms with Crippen LogP contribution >= 0.6 is 0 Å². The van der Waals surface area contributed by atoms with Gasteiger partial charge < -0.3 is 25.4 Å². The Hall–Kier alpha value is -2.33. The lowest BCUT2D eigenvalue weighted by Gasteiger charge is -2.27. The second-order valence-electron chi connectivity index (χ2n) is 7.66. The van der Waals surface area contributed by atoms with Crippen LogP contribution in [0, 0.1) is 0 Å². The molecule has 0 aromatic carbocycles. The van der Waals surface area contributed by atoms with Crippen molar-refractivity contribution in [3.05, 3.63) is 23.4 Å². The van der Waals surface area contributed by atoms with Gasteiger partial charge >= 0.3 is 5.97 Å². The average molecular weight is 459 g/mol. The molecule has 1 aromatic rings. The Bertz CT molecular complexity index is 721. The maximum atomic E-state index is 13.2. The summed E-state index contributed by atoms with van der Waals surface area (Å²) in [6.45, 7) is 4.04. The summed E-state index contributed by atoms with van der Waals surface area (Å²) < 4.78 is 31.3. The minimum absolute atomic E-state index is 0.0199. The van der Waals surface area contributed by atoms with Crippen molar-refractivity contribution in [1.82, 2.24) is 15.2 Å². The van der Waals surface area contributed by atoms with Crippen LogP contribution in [0.1, 0.15) is 44.4 Å². The van der Waals surface area contributed by atoms with Gasteiger partial charge in [0.1, 0.15) is 18.0 Å². The Morgan fingerprint density at radius 2 is 1.97 bits per heavy atom. The lowest BCUT2D eigenvalue weighted by molar-refractivity contribution is -0.141. The second kappa shape index (κ2) is 14.7. The number of carbonyl (C=O) groups is 2. The Balaban J connectivity index is 2.68. The van der Waals surface area contributed by atoms with E-state index in [1.165, 1.54) is 14.0 Å². The number of amides is 1. The zero-order valence-corrected chi connectivity index (χ0v) is 19.4. The van der Waals surface area contributed by atoms with E-state index in [2.05, 4.69) is 28.6 Å². The first-order valence-corrected chi connectivity index (χ1v) is 10.9. The van der Waals surface area contributed by atoms with Gasteiger partial charge in [0, 0.05) is 39.9 Å². The lowest BCUT2D eigenvalue weighted by Crippen LogP contribution is -2.44. The molecule has 0 spiro atoms. The number of alkyl halides is 2. The molecular formula is C22H36F2N4O4. The first-order chi connectivity index (χ1) is 15.2. The molecule has 3 N–H and O–H groups in total. The third-order valence-electron chi connectivity index (χ3n) is 5.24. The predicted molar refractivity (Wildman–Crippen MR) is 119 cm³/mol. The standard InChI is InChI=1S/C22H36F2N4O4/c1-5-16-9-10-17(27-21(16)25-3)8-6-7-12-28(14-19(32-4)20(23)24)13-11-18(22(30)31)26-15(2)29/h9-10,18-20H,5-8,11-14H2,1-4H3,(H,25,27)(H,26,29)(H,30,31). The first-order valence-electron chi connectivity index (χ1n) is 10.9. The second-order valence-corrected chi connectivity index (χ2v) is 7.66. The van der Waals surface area contributed by atoms with Gasteiger partial charge in [0.05, 0.1) is 0 Å². The van der Waals surface area contributed by atoms with Crippen LogP contribution in [0.15, 0.2) is 12.1 Å². The molecule has 0 bridgehead atoms. The molecule has 8 nitrogen and oxygen atoms in total. The van der Waals surface area contributed by atoms with Crippen LogP contribution in [-0.4, -0.2) is 79.2 Å². The Morgan fingerprint density at radius 1 is 1.25 bits per heavy atom. The number of unbranched alkanes of at least 4 members (excludes halogenated alkanes) is 1. The summed E-state index contributed by atoms with van der Waals surface area (Å²) in [5.74, 6) is -0.739. The third kappa shape index (κ3) is 9.86. The van der Waals surface area contributed by atoms with E-state index in [4.69, 9.17) is 4.74 Å². The monoisotopic (exact) mass is 458 g/mol. The lowest BCUT2D eigenvalue weighted by atomic mass is 10.1. The van der Waals surface area contributed by atoms with E-state index in [0.717, 1.165) is 42.8 Å². The molecule has 0 aliphatic carbocycles. The maximum Gasteiger partial charge on any atom is 0.326 e. The molecule has 10 heteroatoms. The van der Waals surface area contributed by atoms with E-state index >= 15 is 0 Å². The number of carboxylic acids is 1. The quantitative estimate of drug-likeness (QED) is 0.327. The number of nitrogens with one attached hydrogen (secondary N) is 2. The van der Waals surface area contributed by atoms with Crippen molar-refractivity contribution in [2.45, 2.75) is 64.5 Å². The number of pyridine rings is 1. The number of carbonyl (C=O) groups excluding carboxylic acids is 1. The van der Waals surface area contributed by atoms with Crippen molar-refractivity contribution in [2.24, 2.45) is 0 Å². The maximum absolute atomic E-state index is 13.2. The number of hydrogen-bond acceptors (Lipinski definition) is 6. The fraction of sp³-hybridized carbons (Fsp3) is 0.682. The Kier molecular flexibility index (Phi) is 12.7. The van der Waals surface area contributed by atoms with Gasteiger partial charge in [-0.1, -0.05) is 13.0 Å². The van der Waals surface area contributed by atoms with Crippen LogP contribution in [-0.2, 0) is 27.2 Å². The summed E-state index contributed by atoms with van der Waals surface area (Å²) in [6.07, 6.45) is -0.630. The highest BCUT2D eigenvalue weighted by atomic mass is 19.3. The van der Waals surface area contributed by atoms with E-state index in [9.17, 15) is 23.5 Å². The molecular weight excluding hydrogens is 422 g/mol. The minimum atomic E-state index is -2.64. The highest BCUT2D eigenvalue weighted by molar-refractivity contribution is 5.82. The van der Waals surface area contributed by atoms with Crippen LogP contribution < -0.4 is 10.6 Å². The molecule has 0 aliphatic rings. The van der Waals surface area contributed by atoms with Crippen LogP contribution in [0.4, 0.5) is 14.6 Å². The highest BCUT2D eigenvalue weighted by Gasteiger charge is 2.25. The number of carboxylic acid groups (broad SMARTS) is 1. The van der Waals surface area contributed by atoms with Crippen LogP contribution in [0.3, 0.4) is 0 Å². The Labute approximate surface area is 188 Å². The summed E-state index contributed by atoms with van der Waals surface area (Å²) in [4.78, 5) is 29.0. The largest absolute Gasteiger partial charge is 0.480 e. The molecule has 2 atom stereocenters. The highest BCUT2D eigenvalue weighted by Crippen LogP contribution is 2.15. The van der Waals surface area contributed by atoms with E-state index in [1.807, 2.05) is 13.1 Å². The predicted octanol–water partition coefficient (Wildman–Crippen LogP) is 2.57. The van der Waals surface area contributed by atoms with Crippen molar-refractivity contribution < 1.29 is 28.2 Å². The van der Waals surface area contributed by atoms with Crippen molar-refractivity contribution >= 4 is 17.7 Å². The number of methoxy groups -OCH3 is 1.